The molecule has 4 nitrogen and oxygen atoms in total. The van der Waals surface area contributed by atoms with E-state index in [1.165, 1.54) is 12.1 Å². The average Bonchev–Trinajstić information content (AvgIpc) is 2.26. The highest BCUT2D eigenvalue weighted by molar-refractivity contribution is 5.26. The summed E-state index contributed by atoms with van der Waals surface area (Å²) in [5, 5.41) is 26.6. The molecule has 2 N–H and O–H groups in total. The zero-order chi connectivity index (χ0) is 12.3. The Morgan fingerprint density at radius 2 is 2.00 bits per heavy atom. The van der Waals surface area contributed by atoms with E-state index in [9.17, 15) is 18.3 Å². The van der Waals surface area contributed by atoms with Crippen LogP contribution < -0.4 is 0 Å². The van der Waals surface area contributed by atoms with Crippen LogP contribution in [0.2, 0.25) is 0 Å². The molecular weight excluding hydrogens is 225 g/mol. The van der Waals surface area contributed by atoms with Gasteiger partial charge in [-0.1, -0.05) is 6.07 Å². The van der Waals surface area contributed by atoms with Gasteiger partial charge in [0.25, 0.3) is 0 Å². The number of hydrogen-bond donors (Lipinski definition) is 2. The van der Waals surface area contributed by atoms with Crippen LogP contribution in [0.15, 0.2) is 18.3 Å². The largest absolute Gasteiger partial charge is 0.433 e. The molecule has 2 unspecified atom stereocenters. The average molecular weight is 232 g/mol. The van der Waals surface area contributed by atoms with Crippen LogP contribution in [0.3, 0.4) is 0 Å². The lowest BCUT2D eigenvalue weighted by Gasteiger charge is -2.16. The number of halogens is 3. The number of aliphatic hydroxyl groups excluding tert-OH is 2. The highest BCUT2D eigenvalue weighted by atomic mass is 19.4. The first-order chi connectivity index (χ1) is 7.38. The number of aliphatic hydroxyl groups is 2. The Labute approximate surface area is 88.6 Å². The van der Waals surface area contributed by atoms with E-state index in [0.29, 0.717) is 0 Å². The molecule has 16 heavy (non-hydrogen) atoms. The van der Waals surface area contributed by atoms with Gasteiger partial charge in [-0.15, -0.1) is 0 Å². The summed E-state index contributed by atoms with van der Waals surface area (Å²) in [4.78, 5) is 3.08. The van der Waals surface area contributed by atoms with Crippen LogP contribution in [0.1, 0.15) is 17.4 Å². The minimum absolute atomic E-state index is 0.621. The van der Waals surface area contributed by atoms with Gasteiger partial charge in [-0.2, -0.15) is 18.4 Å². The first-order valence-electron chi connectivity index (χ1n) is 4.15. The predicted octanol–water partition coefficient (Wildman–Crippen LogP) is 1.02. The van der Waals surface area contributed by atoms with Crippen molar-refractivity contribution in [2.24, 2.45) is 0 Å². The van der Waals surface area contributed by atoms with Gasteiger partial charge in [-0.3, -0.25) is 4.98 Å². The Balaban J connectivity index is 3.20. The summed E-state index contributed by atoms with van der Waals surface area (Å²) in [5.74, 6) is 0. The monoisotopic (exact) mass is 232 g/mol. The van der Waals surface area contributed by atoms with Gasteiger partial charge in [-0.05, 0) is 6.07 Å². The Hall–Kier alpha value is -1.65. The van der Waals surface area contributed by atoms with Crippen LogP contribution in [-0.4, -0.2) is 21.3 Å². The molecule has 1 aromatic heterocycles. The summed E-state index contributed by atoms with van der Waals surface area (Å²) in [6.45, 7) is 0. The lowest BCUT2D eigenvalue weighted by molar-refractivity contribution is -0.143. The molecule has 1 rings (SSSR count). The zero-order valence-corrected chi connectivity index (χ0v) is 7.81. The van der Waals surface area contributed by atoms with E-state index in [1.807, 2.05) is 0 Å². The lowest BCUT2D eigenvalue weighted by atomic mass is 10.0. The molecule has 1 heterocycles. The SMILES string of the molecule is N#CC(O)C(O)c1cccnc1C(F)(F)F. The van der Waals surface area contributed by atoms with Crippen molar-refractivity contribution in [1.82, 2.24) is 4.98 Å². The number of aromatic nitrogens is 1. The Morgan fingerprint density at radius 3 is 2.50 bits per heavy atom. The van der Waals surface area contributed by atoms with E-state index < -0.39 is 29.6 Å². The van der Waals surface area contributed by atoms with E-state index in [2.05, 4.69) is 4.98 Å². The Kier molecular flexibility index (Phi) is 3.47. The molecule has 0 fully saturated rings. The van der Waals surface area contributed by atoms with Gasteiger partial charge >= 0.3 is 6.18 Å². The van der Waals surface area contributed by atoms with Gasteiger partial charge < -0.3 is 10.2 Å². The molecule has 0 radical (unpaired) electrons. The second-order valence-corrected chi connectivity index (χ2v) is 2.96. The molecule has 2 atom stereocenters. The normalized spacial score (nSPS) is 15.2. The van der Waals surface area contributed by atoms with Crippen molar-refractivity contribution in [2.45, 2.75) is 18.4 Å². The minimum atomic E-state index is -4.74. The summed E-state index contributed by atoms with van der Waals surface area (Å²) in [6, 6.07) is 3.39. The van der Waals surface area contributed by atoms with Gasteiger partial charge in [0.15, 0.2) is 6.10 Å². The maximum atomic E-state index is 12.4. The molecule has 0 saturated heterocycles. The number of nitriles is 1. The second-order valence-electron chi connectivity index (χ2n) is 2.96. The summed E-state index contributed by atoms with van der Waals surface area (Å²) in [6.07, 6.45) is -7.69. The second kappa shape index (κ2) is 4.47. The summed E-state index contributed by atoms with van der Waals surface area (Å²) in [5.41, 5.74) is -1.93. The highest BCUT2D eigenvalue weighted by Crippen LogP contribution is 2.33. The molecule has 0 amide bonds. The molecule has 0 spiro atoms. The number of rotatable bonds is 2. The highest BCUT2D eigenvalue weighted by Gasteiger charge is 2.37. The van der Waals surface area contributed by atoms with Crippen molar-refractivity contribution < 1.29 is 23.4 Å². The molecule has 0 bridgehead atoms. The third-order valence-electron chi connectivity index (χ3n) is 1.86. The fourth-order valence-corrected chi connectivity index (χ4v) is 1.13. The van der Waals surface area contributed by atoms with E-state index in [-0.39, 0.29) is 0 Å². The summed E-state index contributed by atoms with van der Waals surface area (Å²) in [7, 11) is 0. The van der Waals surface area contributed by atoms with Crippen molar-refractivity contribution in [3.63, 3.8) is 0 Å². The minimum Gasteiger partial charge on any atom is -0.384 e. The lowest BCUT2D eigenvalue weighted by Crippen LogP contribution is -2.21. The molecule has 0 aliphatic heterocycles. The van der Waals surface area contributed by atoms with Gasteiger partial charge in [0.2, 0.25) is 0 Å². The number of nitrogens with zero attached hydrogens (tertiary/aromatic N) is 2. The van der Waals surface area contributed by atoms with E-state index in [4.69, 9.17) is 10.4 Å². The third kappa shape index (κ3) is 2.48. The van der Waals surface area contributed by atoms with Crippen molar-refractivity contribution in [1.29, 1.82) is 5.26 Å². The molecule has 86 valence electrons. The van der Waals surface area contributed by atoms with Crippen LogP contribution in [-0.2, 0) is 6.18 Å². The summed E-state index contributed by atoms with van der Waals surface area (Å²) < 4.78 is 37.3. The molecule has 0 aliphatic rings. The first-order valence-corrected chi connectivity index (χ1v) is 4.15. The number of hydrogen-bond acceptors (Lipinski definition) is 4. The summed E-state index contributed by atoms with van der Waals surface area (Å²) >= 11 is 0. The number of pyridine rings is 1. The smallest absolute Gasteiger partial charge is 0.384 e. The van der Waals surface area contributed by atoms with Crippen molar-refractivity contribution >= 4 is 0 Å². The van der Waals surface area contributed by atoms with E-state index >= 15 is 0 Å². The predicted molar refractivity (Wildman–Crippen MR) is 45.8 cm³/mol. The van der Waals surface area contributed by atoms with Gasteiger partial charge in [0, 0.05) is 11.8 Å². The molecule has 1 aromatic rings. The molecule has 0 aromatic carbocycles. The Morgan fingerprint density at radius 1 is 1.38 bits per heavy atom. The number of alkyl halides is 3. The maximum Gasteiger partial charge on any atom is 0.433 e. The van der Waals surface area contributed by atoms with E-state index in [1.54, 1.807) is 0 Å². The fourth-order valence-electron chi connectivity index (χ4n) is 1.13. The molecule has 7 heteroatoms. The van der Waals surface area contributed by atoms with Crippen molar-refractivity contribution in [3.05, 3.63) is 29.6 Å². The van der Waals surface area contributed by atoms with Crippen LogP contribution >= 0.6 is 0 Å². The molecule has 0 saturated carbocycles. The van der Waals surface area contributed by atoms with Crippen LogP contribution in [0.4, 0.5) is 13.2 Å². The third-order valence-corrected chi connectivity index (χ3v) is 1.86. The van der Waals surface area contributed by atoms with Crippen LogP contribution in [0, 0.1) is 11.3 Å². The van der Waals surface area contributed by atoms with Crippen molar-refractivity contribution in [2.75, 3.05) is 0 Å². The zero-order valence-electron chi connectivity index (χ0n) is 7.81. The van der Waals surface area contributed by atoms with Crippen molar-refractivity contribution in [3.8, 4) is 6.07 Å². The maximum absolute atomic E-state index is 12.4. The van der Waals surface area contributed by atoms with Gasteiger partial charge in [-0.25, -0.2) is 0 Å². The quantitative estimate of drug-likeness (QED) is 0.746. The van der Waals surface area contributed by atoms with Crippen LogP contribution in [0.25, 0.3) is 0 Å². The topological polar surface area (TPSA) is 77.1 Å². The van der Waals surface area contributed by atoms with Crippen LogP contribution in [0.5, 0.6) is 0 Å². The van der Waals surface area contributed by atoms with E-state index in [0.717, 1.165) is 12.3 Å². The first kappa shape index (κ1) is 12.4. The van der Waals surface area contributed by atoms with Gasteiger partial charge in [0.1, 0.15) is 11.8 Å². The Bertz CT molecular complexity index is 414. The standard InChI is InChI=1S/C9H7F3N2O2/c10-9(11,12)8-5(2-1-3-14-8)7(16)6(15)4-13/h1-3,6-7,15-16H. The van der Waals surface area contributed by atoms with Gasteiger partial charge in [0.05, 0.1) is 6.07 Å². The fraction of sp³-hybridized carbons (Fsp3) is 0.333. The molecule has 0 aliphatic carbocycles. The molecular formula is C9H7F3N2O2.